The van der Waals surface area contributed by atoms with Gasteiger partial charge >= 0.3 is 0 Å². The van der Waals surface area contributed by atoms with Gasteiger partial charge in [0.15, 0.2) is 0 Å². The summed E-state index contributed by atoms with van der Waals surface area (Å²) in [6, 6.07) is 11.8. The number of anilines is 1. The molecule has 142 valence electrons. The first kappa shape index (κ1) is 19.4. The van der Waals surface area contributed by atoms with Gasteiger partial charge in [-0.2, -0.15) is 0 Å². The van der Waals surface area contributed by atoms with E-state index in [1.54, 1.807) is 42.5 Å². The highest BCUT2D eigenvalue weighted by molar-refractivity contribution is 6.30. The molecule has 1 aliphatic heterocycles. The normalized spacial score (nSPS) is 18.2. The molecule has 1 fully saturated rings. The Kier molecular flexibility index (Phi) is 6.14. The van der Waals surface area contributed by atoms with Gasteiger partial charge < -0.3 is 10.6 Å². The van der Waals surface area contributed by atoms with Gasteiger partial charge in [-0.1, -0.05) is 23.7 Å². The van der Waals surface area contributed by atoms with Gasteiger partial charge in [0.2, 0.25) is 5.91 Å². The van der Waals surface area contributed by atoms with E-state index in [0.29, 0.717) is 17.3 Å². The summed E-state index contributed by atoms with van der Waals surface area (Å²) in [6.45, 7) is 4.99. The molecule has 2 aromatic carbocycles. The van der Waals surface area contributed by atoms with Crippen molar-refractivity contribution in [2.45, 2.75) is 19.5 Å². The first-order valence-corrected chi connectivity index (χ1v) is 9.30. The van der Waals surface area contributed by atoms with Crippen LogP contribution in [0.1, 0.15) is 18.1 Å². The number of piperazine rings is 1. The number of nitrogens with zero attached hydrogens (tertiary/aromatic N) is 2. The summed E-state index contributed by atoms with van der Waals surface area (Å²) in [6.07, 6.45) is 3.26. The summed E-state index contributed by atoms with van der Waals surface area (Å²) in [5, 5.41) is 0.582. The molecule has 1 heterocycles. The Balaban J connectivity index is 1.58. The van der Waals surface area contributed by atoms with E-state index in [4.69, 9.17) is 17.3 Å². The average molecular weight is 388 g/mol. The van der Waals surface area contributed by atoms with Crippen LogP contribution in [0.2, 0.25) is 5.02 Å². The third-order valence-corrected chi connectivity index (χ3v) is 5.00. The molecule has 3 rings (SSSR count). The molecular formula is C21H23ClFN3O. The fourth-order valence-corrected chi connectivity index (χ4v) is 3.48. The number of benzene rings is 2. The lowest BCUT2D eigenvalue weighted by atomic mass is 10.1. The highest BCUT2D eigenvalue weighted by atomic mass is 35.5. The highest BCUT2D eigenvalue weighted by Gasteiger charge is 2.26. The Morgan fingerprint density at radius 3 is 2.70 bits per heavy atom. The van der Waals surface area contributed by atoms with Crippen molar-refractivity contribution in [1.29, 1.82) is 0 Å². The maximum Gasteiger partial charge on any atom is 0.246 e. The van der Waals surface area contributed by atoms with Gasteiger partial charge in [-0.15, -0.1) is 0 Å². The number of amides is 1. The van der Waals surface area contributed by atoms with Crippen molar-refractivity contribution in [3.63, 3.8) is 0 Å². The molecule has 2 N–H and O–H groups in total. The summed E-state index contributed by atoms with van der Waals surface area (Å²) in [5.41, 5.74) is 8.31. The van der Waals surface area contributed by atoms with Gasteiger partial charge in [0.1, 0.15) is 5.82 Å². The van der Waals surface area contributed by atoms with Crippen LogP contribution in [-0.4, -0.2) is 41.4 Å². The van der Waals surface area contributed by atoms with Gasteiger partial charge in [-0.05, 0) is 54.5 Å². The number of hydrogen-bond acceptors (Lipinski definition) is 3. The quantitative estimate of drug-likeness (QED) is 0.641. The SMILES string of the molecule is CC1CN(Cc2ccc(F)cc2)CCN1C(=O)/C=C/c1cc(Cl)ccc1N. The van der Waals surface area contributed by atoms with E-state index in [1.165, 1.54) is 12.1 Å². The van der Waals surface area contributed by atoms with Crippen LogP contribution in [0.5, 0.6) is 0 Å². The Bertz CT molecular complexity index is 838. The molecular weight excluding hydrogens is 365 g/mol. The second-order valence-corrected chi connectivity index (χ2v) is 7.29. The predicted octanol–water partition coefficient (Wildman–Crippen LogP) is 3.81. The fourth-order valence-electron chi connectivity index (χ4n) is 3.30. The van der Waals surface area contributed by atoms with E-state index in [1.807, 2.05) is 11.8 Å². The number of nitrogen functional groups attached to an aromatic ring is 1. The third kappa shape index (κ3) is 5.08. The van der Waals surface area contributed by atoms with Gasteiger partial charge in [-0.25, -0.2) is 4.39 Å². The minimum Gasteiger partial charge on any atom is -0.398 e. The third-order valence-electron chi connectivity index (χ3n) is 4.77. The Hall–Kier alpha value is -2.37. The second-order valence-electron chi connectivity index (χ2n) is 6.85. The van der Waals surface area contributed by atoms with E-state index in [-0.39, 0.29) is 17.8 Å². The van der Waals surface area contributed by atoms with E-state index < -0.39 is 0 Å². The molecule has 1 amide bonds. The minimum atomic E-state index is -0.227. The summed E-state index contributed by atoms with van der Waals surface area (Å²) in [4.78, 5) is 16.7. The van der Waals surface area contributed by atoms with E-state index >= 15 is 0 Å². The molecule has 1 aliphatic rings. The van der Waals surface area contributed by atoms with Gasteiger partial charge in [0.25, 0.3) is 0 Å². The largest absolute Gasteiger partial charge is 0.398 e. The number of carbonyl (C=O) groups excluding carboxylic acids is 1. The molecule has 1 atom stereocenters. The first-order chi connectivity index (χ1) is 12.9. The van der Waals surface area contributed by atoms with Crippen molar-refractivity contribution in [3.05, 3.63) is 70.5 Å². The van der Waals surface area contributed by atoms with Crippen LogP contribution in [0.15, 0.2) is 48.5 Å². The standard InChI is InChI=1S/C21H23ClFN3O/c1-15-13-25(14-16-2-6-19(23)7-3-16)10-11-26(15)21(27)9-4-17-12-18(22)5-8-20(17)24/h2-9,12,15H,10-11,13-14,24H2,1H3/b9-4+. The molecule has 2 aromatic rings. The van der Waals surface area contributed by atoms with Crippen molar-refractivity contribution in [2.75, 3.05) is 25.4 Å². The molecule has 27 heavy (non-hydrogen) atoms. The Morgan fingerprint density at radius 1 is 1.26 bits per heavy atom. The topological polar surface area (TPSA) is 49.6 Å². The van der Waals surface area contributed by atoms with Crippen LogP contribution in [0, 0.1) is 5.82 Å². The molecule has 0 aliphatic carbocycles. The number of rotatable bonds is 4. The van der Waals surface area contributed by atoms with E-state index in [2.05, 4.69) is 4.90 Å². The number of hydrogen-bond donors (Lipinski definition) is 1. The van der Waals surface area contributed by atoms with E-state index in [9.17, 15) is 9.18 Å². The molecule has 0 radical (unpaired) electrons. The maximum atomic E-state index is 13.0. The summed E-state index contributed by atoms with van der Waals surface area (Å²) < 4.78 is 13.0. The molecule has 4 nitrogen and oxygen atoms in total. The fraction of sp³-hybridized carbons (Fsp3) is 0.286. The van der Waals surface area contributed by atoms with Crippen molar-refractivity contribution >= 4 is 29.3 Å². The van der Waals surface area contributed by atoms with Crippen LogP contribution < -0.4 is 5.73 Å². The Morgan fingerprint density at radius 2 is 2.00 bits per heavy atom. The number of carbonyl (C=O) groups is 1. The lowest BCUT2D eigenvalue weighted by molar-refractivity contribution is -0.130. The summed E-state index contributed by atoms with van der Waals surface area (Å²) in [7, 11) is 0. The molecule has 6 heteroatoms. The highest BCUT2D eigenvalue weighted by Crippen LogP contribution is 2.20. The van der Waals surface area contributed by atoms with Crippen LogP contribution in [0.4, 0.5) is 10.1 Å². The van der Waals surface area contributed by atoms with Crippen molar-refractivity contribution < 1.29 is 9.18 Å². The van der Waals surface area contributed by atoms with Crippen molar-refractivity contribution in [3.8, 4) is 0 Å². The monoisotopic (exact) mass is 387 g/mol. The molecule has 0 aromatic heterocycles. The predicted molar refractivity (Wildman–Crippen MR) is 108 cm³/mol. The van der Waals surface area contributed by atoms with Crippen LogP contribution in [0.3, 0.4) is 0 Å². The number of nitrogens with two attached hydrogens (primary N) is 1. The smallest absolute Gasteiger partial charge is 0.246 e. The zero-order valence-electron chi connectivity index (χ0n) is 15.2. The molecule has 0 saturated carbocycles. The summed E-state index contributed by atoms with van der Waals surface area (Å²) in [5.74, 6) is -0.266. The first-order valence-electron chi connectivity index (χ1n) is 8.93. The lowest BCUT2D eigenvalue weighted by Crippen LogP contribution is -2.53. The lowest BCUT2D eigenvalue weighted by Gasteiger charge is -2.39. The van der Waals surface area contributed by atoms with Crippen LogP contribution in [-0.2, 0) is 11.3 Å². The molecule has 1 saturated heterocycles. The molecule has 0 spiro atoms. The zero-order chi connectivity index (χ0) is 19.4. The van der Waals surface area contributed by atoms with Crippen molar-refractivity contribution in [1.82, 2.24) is 9.80 Å². The number of halogens is 2. The molecule has 0 bridgehead atoms. The van der Waals surface area contributed by atoms with Crippen molar-refractivity contribution in [2.24, 2.45) is 0 Å². The Labute approximate surface area is 164 Å². The molecule has 1 unspecified atom stereocenters. The summed E-state index contributed by atoms with van der Waals surface area (Å²) >= 11 is 5.98. The maximum absolute atomic E-state index is 13.0. The minimum absolute atomic E-state index is 0.0386. The van der Waals surface area contributed by atoms with Crippen LogP contribution in [0.25, 0.3) is 6.08 Å². The van der Waals surface area contributed by atoms with Gasteiger partial charge in [-0.3, -0.25) is 9.69 Å². The van der Waals surface area contributed by atoms with E-state index in [0.717, 1.165) is 30.8 Å². The average Bonchev–Trinajstić information content (AvgIpc) is 2.64. The zero-order valence-corrected chi connectivity index (χ0v) is 16.0. The van der Waals surface area contributed by atoms with Gasteiger partial charge in [0.05, 0.1) is 0 Å². The van der Waals surface area contributed by atoms with Crippen LogP contribution >= 0.6 is 11.6 Å². The second kappa shape index (κ2) is 8.55. The van der Waals surface area contributed by atoms with Gasteiger partial charge in [0, 0.05) is 49.0 Å².